The first-order chi connectivity index (χ1) is 13.0. The van der Waals surface area contributed by atoms with E-state index in [-0.39, 0.29) is 17.2 Å². The molecule has 8 nitrogen and oxygen atoms in total. The number of methoxy groups -OCH3 is 2. The highest BCUT2D eigenvalue weighted by atomic mass is 32.2. The van der Waals surface area contributed by atoms with Crippen LogP contribution in [0.1, 0.15) is 0 Å². The second kappa shape index (κ2) is 8.19. The first-order valence-electron chi connectivity index (χ1n) is 8.19. The summed E-state index contributed by atoms with van der Waals surface area (Å²) in [6.45, 7) is 0.566. The van der Waals surface area contributed by atoms with Crippen molar-refractivity contribution in [1.82, 2.24) is 19.5 Å². The Bertz CT molecular complexity index is 1000. The van der Waals surface area contributed by atoms with E-state index in [2.05, 4.69) is 14.8 Å². The zero-order valence-corrected chi connectivity index (χ0v) is 15.8. The molecular weight excluding hydrogens is 368 g/mol. The lowest BCUT2D eigenvalue weighted by Gasteiger charge is -2.12. The van der Waals surface area contributed by atoms with Crippen LogP contribution in [0.25, 0.3) is 11.3 Å². The van der Waals surface area contributed by atoms with Gasteiger partial charge in [0.2, 0.25) is 10.0 Å². The molecule has 0 aliphatic carbocycles. The SMILES string of the molecule is COc1ccc(OC)c(S(=O)(=O)NCCn2ccc(-c3ccncc3)n2)c1. The molecule has 142 valence electrons. The molecule has 0 saturated carbocycles. The predicted octanol–water partition coefficient (Wildman–Crippen LogP) is 1.94. The van der Waals surface area contributed by atoms with Crippen molar-refractivity contribution in [3.05, 3.63) is 55.0 Å². The first kappa shape index (κ1) is 18.9. The van der Waals surface area contributed by atoms with Crippen molar-refractivity contribution in [2.45, 2.75) is 11.4 Å². The van der Waals surface area contributed by atoms with Crippen molar-refractivity contribution >= 4 is 10.0 Å². The van der Waals surface area contributed by atoms with Crippen molar-refractivity contribution in [3.8, 4) is 22.8 Å². The van der Waals surface area contributed by atoms with Crippen molar-refractivity contribution in [2.24, 2.45) is 0 Å². The van der Waals surface area contributed by atoms with Gasteiger partial charge in [0.1, 0.15) is 16.4 Å². The van der Waals surface area contributed by atoms with Crippen LogP contribution in [0.3, 0.4) is 0 Å². The summed E-state index contributed by atoms with van der Waals surface area (Å²) in [4.78, 5) is 4.01. The molecule has 0 spiro atoms. The fraction of sp³-hybridized carbons (Fsp3) is 0.222. The van der Waals surface area contributed by atoms with Crippen LogP contribution >= 0.6 is 0 Å². The Morgan fingerprint density at radius 1 is 1.07 bits per heavy atom. The van der Waals surface area contributed by atoms with Crippen LogP contribution < -0.4 is 14.2 Å². The standard InChI is InChI=1S/C18H20N4O4S/c1-25-15-3-4-17(26-2)18(13-15)27(23,24)20-10-12-22-11-7-16(21-22)14-5-8-19-9-6-14/h3-9,11,13,20H,10,12H2,1-2H3. The predicted molar refractivity (Wildman–Crippen MR) is 100 cm³/mol. The molecule has 27 heavy (non-hydrogen) atoms. The molecule has 0 atom stereocenters. The number of pyridine rings is 1. The molecule has 0 aliphatic rings. The van der Waals surface area contributed by atoms with E-state index in [1.54, 1.807) is 35.4 Å². The summed E-state index contributed by atoms with van der Waals surface area (Å²) in [7, 11) is -0.858. The van der Waals surface area contributed by atoms with Gasteiger partial charge in [-0.3, -0.25) is 9.67 Å². The van der Waals surface area contributed by atoms with E-state index in [0.29, 0.717) is 12.3 Å². The second-order valence-corrected chi connectivity index (χ2v) is 7.35. The summed E-state index contributed by atoms with van der Waals surface area (Å²) in [6, 6.07) is 10.2. The molecule has 2 heterocycles. The lowest BCUT2D eigenvalue weighted by molar-refractivity contribution is 0.392. The maximum Gasteiger partial charge on any atom is 0.244 e. The summed E-state index contributed by atoms with van der Waals surface area (Å²) in [5, 5.41) is 4.44. The summed E-state index contributed by atoms with van der Waals surface area (Å²) in [6.07, 6.45) is 5.20. The monoisotopic (exact) mass is 388 g/mol. The van der Waals surface area contributed by atoms with Gasteiger partial charge in [-0.25, -0.2) is 13.1 Å². The fourth-order valence-corrected chi connectivity index (χ4v) is 3.73. The minimum atomic E-state index is -3.76. The number of benzene rings is 1. The summed E-state index contributed by atoms with van der Waals surface area (Å²) in [5.41, 5.74) is 1.75. The zero-order valence-electron chi connectivity index (χ0n) is 15.0. The van der Waals surface area contributed by atoms with Gasteiger partial charge in [-0.1, -0.05) is 0 Å². The lowest BCUT2D eigenvalue weighted by Crippen LogP contribution is -2.28. The molecule has 0 radical (unpaired) electrons. The average molecular weight is 388 g/mol. The maximum atomic E-state index is 12.6. The van der Waals surface area contributed by atoms with E-state index >= 15 is 0 Å². The topological polar surface area (TPSA) is 95.3 Å². The van der Waals surface area contributed by atoms with Gasteiger partial charge in [-0.05, 0) is 30.3 Å². The van der Waals surface area contributed by atoms with Crippen LogP contribution in [0, 0.1) is 0 Å². The van der Waals surface area contributed by atoms with Gasteiger partial charge >= 0.3 is 0 Å². The molecule has 0 aliphatic heterocycles. The summed E-state index contributed by atoms with van der Waals surface area (Å²) in [5.74, 6) is 0.688. The normalized spacial score (nSPS) is 11.3. The molecule has 3 aromatic rings. The van der Waals surface area contributed by atoms with Crippen molar-refractivity contribution in [1.29, 1.82) is 0 Å². The smallest absolute Gasteiger partial charge is 0.244 e. The van der Waals surface area contributed by atoms with Gasteiger partial charge in [-0.2, -0.15) is 5.10 Å². The van der Waals surface area contributed by atoms with Crippen LogP contribution in [0.2, 0.25) is 0 Å². The van der Waals surface area contributed by atoms with Gasteiger partial charge < -0.3 is 9.47 Å². The van der Waals surface area contributed by atoms with Crippen LogP contribution in [-0.4, -0.2) is 43.9 Å². The molecular formula is C18H20N4O4S. The molecule has 1 aromatic carbocycles. The maximum absolute atomic E-state index is 12.6. The fourth-order valence-electron chi connectivity index (χ4n) is 2.53. The minimum absolute atomic E-state index is 0.0299. The third-order valence-corrected chi connectivity index (χ3v) is 5.39. The number of rotatable bonds is 8. The highest BCUT2D eigenvalue weighted by molar-refractivity contribution is 7.89. The van der Waals surface area contributed by atoms with Crippen LogP contribution in [0.4, 0.5) is 0 Å². The van der Waals surface area contributed by atoms with E-state index in [4.69, 9.17) is 9.47 Å². The van der Waals surface area contributed by atoms with Gasteiger partial charge in [-0.15, -0.1) is 0 Å². The number of nitrogens with one attached hydrogen (secondary N) is 1. The van der Waals surface area contributed by atoms with E-state index in [1.165, 1.54) is 20.3 Å². The molecule has 9 heteroatoms. The van der Waals surface area contributed by atoms with Crippen LogP contribution in [0.15, 0.2) is 59.9 Å². The van der Waals surface area contributed by atoms with E-state index < -0.39 is 10.0 Å². The zero-order chi connectivity index (χ0) is 19.3. The van der Waals surface area contributed by atoms with Crippen LogP contribution in [0.5, 0.6) is 11.5 Å². The molecule has 0 saturated heterocycles. The summed E-state index contributed by atoms with van der Waals surface area (Å²) < 4.78 is 39.7. The van der Waals surface area contributed by atoms with E-state index in [0.717, 1.165) is 11.3 Å². The third kappa shape index (κ3) is 4.44. The van der Waals surface area contributed by atoms with Crippen molar-refractivity contribution in [2.75, 3.05) is 20.8 Å². The molecule has 3 rings (SSSR count). The minimum Gasteiger partial charge on any atom is -0.497 e. The average Bonchev–Trinajstić information content (AvgIpc) is 3.17. The van der Waals surface area contributed by atoms with Crippen molar-refractivity contribution in [3.63, 3.8) is 0 Å². The highest BCUT2D eigenvalue weighted by Crippen LogP contribution is 2.27. The lowest BCUT2D eigenvalue weighted by atomic mass is 10.2. The van der Waals surface area contributed by atoms with Gasteiger partial charge in [0.25, 0.3) is 0 Å². The Labute approximate surface area is 157 Å². The number of hydrogen-bond acceptors (Lipinski definition) is 6. The molecule has 0 amide bonds. The second-order valence-electron chi connectivity index (χ2n) is 5.61. The Kier molecular flexibility index (Phi) is 5.72. The quantitative estimate of drug-likeness (QED) is 0.634. The number of ether oxygens (including phenoxy) is 2. The van der Waals surface area contributed by atoms with E-state index in [9.17, 15) is 8.42 Å². The number of nitrogens with zero attached hydrogens (tertiary/aromatic N) is 3. The molecule has 0 bridgehead atoms. The number of aromatic nitrogens is 3. The summed E-state index contributed by atoms with van der Waals surface area (Å²) >= 11 is 0. The molecule has 2 aromatic heterocycles. The van der Waals surface area contributed by atoms with Crippen molar-refractivity contribution < 1.29 is 17.9 Å². The van der Waals surface area contributed by atoms with Gasteiger partial charge in [0.15, 0.2) is 0 Å². The number of hydrogen-bond donors (Lipinski definition) is 1. The third-order valence-electron chi connectivity index (χ3n) is 3.91. The van der Waals surface area contributed by atoms with Gasteiger partial charge in [0.05, 0.1) is 26.5 Å². The Hall–Kier alpha value is -2.91. The molecule has 1 N–H and O–H groups in total. The Morgan fingerprint density at radius 3 is 2.56 bits per heavy atom. The molecule has 0 unspecified atom stereocenters. The molecule has 0 fully saturated rings. The Morgan fingerprint density at radius 2 is 1.85 bits per heavy atom. The van der Waals surface area contributed by atoms with Gasteiger partial charge in [0, 0.05) is 36.8 Å². The van der Waals surface area contributed by atoms with Crippen LogP contribution in [-0.2, 0) is 16.6 Å². The van der Waals surface area contributed by atoms with E-state index in [1.807, 2.05) is 18.2 Å². The number of sulfonamides is 1. The largest absolute Gasteiger partial charge is 0.497 e. The first-order valence-corrected chi connectivity index (χ1v) is 9.67. The highest BCUT2D eigenvalue weighted by Gasteiger charge is 2.20. The Balaban J connectivity index is 1.67.